The number of rotatable bonds is 37. The molecule has 12 fully saturated rings. The summed E-state index contributed by atoms with van der Waals surface area (Å²) in [7, 11) is 0. The minimum Gasteiger partial charge on any atom is -0.394 e. The molecule has 12 aliphatic rings. The second-order valence-corrected chi connectivity index (χ2v) is 36.6. The Bertz CT molecular complexity index is 3980. The average molecular weight is 2110 g/mol. The second-order valence-electron chi connectivity index (χ2n) is 36.6. The van der Waals surface area contributed by atoms with Crippen LogP contribution in [0.3, 0.4) is 0 Å². The van der Waals surface area contributed by atoms with Crippen molar-refractivity contribution >= 4 is 23.6 Å². The lowest BCUT2D eigenvalue weighted by Gasteiger charge is -2.51. The van der Waals surface area contributed by atoms with Crippen LogP contribution >= 0.6 is 0 Å². The van der Waals surface area contributed by atoms with E-state index in [0.717, 1.165) is 27.7 Å². The summed E-state index contributed by atoms with van der Waals surface area (Å²) in [5, 5.41) is 380. The number of hydrogen-bond acceptors (Lipinski definition) is 60. The van der Waals surface area contributed by atoms with Gasteiger partial charge in [-0.1, -0.05) is 0 Å². The maximum atomic E-state index is 13.4. The Morgan fingerprint density at radius 2 is 0.424 bits per heavy atom. The minimum atomic E-state index is -2.71. The topological polar surface area (TPSA) is 996 Å². The highest BCUT2D eigenvalue weighted by Gasteiger charge is 2.64. The highest BCUT2D eigenvalue weighted by atomic mass is 16.8. The molecule has 12 rings (SSSR count). The predicted molar refractivity (Wildman–Crippen MR) is 440 cm³/mol. The van der Waals surface area contributed by atoms with Gasteiger partial charge >= 0.3 is 0 Å². The van der Waals surface area contributed by atoms with Gasteiger partial charge in [-0.25, -0.2) is 0 Å². The van der Waals surface area contributed by atoms with Crippen LogP contribution in [0.4, 0.5) is 0 Å². The molecule has 0 radical (unpaired) electrons. The largest absolute Gasteiger partial charge is 0.394 e. The molecule has 834 valence electrons. The summed E-state index contributed by atoms with van der Waals surface area (Å²) in [6, 6.07) is -8.05. The number of hydrogen-bond donors (Lipinski definition) is 37. The Kier molecular flexibility index (Phi) is 42.4. The molecule has 4 amide bonds. The first-order valence-corrected chi connectivity index (χ1v) is 46.0. The number of aliphatic hydroxyl groups excluding tert-OH is 33. The first-order chi connectivity index (χ1) is 68.1. The van der Waals surface area contributed by atoms with Crippen LogP contribution in [-0.4, -0.2) is 633 Å². The lowest BCUT2D eigenvalue weighted by molar-refractivity contribution is -0.400. The van der Waals surface area contributed by atoms with Crippen LogP contribution in [0.1, 0.15) is 34.6 Å². The number of amides is 4. The van der Waals surface area contributed by atoms with Gasteiger partial charge in [0.1, 0.15) is 287 Å². The third-order valence-electron chi connectivity index (χ3n) is 26.6. The lowest BCUT2D eigenvalue weighted by Crippen LogP contribution is -2.71. The molecule has 60 atom stereocenters. The van der Waals surface area contributed by atoms with Crippen LogP contribution in [0.15, 0.2) is 0 Å². The van der Waals surface area contributed by atoms with Crippen molar-refractivity contribution in [1.82, 2.24) is 21.3 Å². The Hall–Kier alpha value is -4.36. The van der Waals surface area contributed by atoms with Crippen molar-refractivity contribution < 1.29 is 297 Å². The Morgan fingerprint density at radius 1 is 0.194 bits per heavy atom. The van der Waals surface area contributed by atoms with Gasteiger partial charge in [0, 0.05) is 27.7 Å². The van der Waals surface area contributed by atoms with Crippen molar-refractivity contribution in [1.29, 1.82) is 0 Å². The fourth-order valence-electron chi connectivity index (χ4n) is 18.7. The van der Waals surface area contributed by atoms with E-state index in [1.165, 1.54) is 6.92 Å². The highest BCUT2D eigenvalue weighted by molar-refractivity contribution is 5.74. The van der Waals surface area contributed by atoms with E-state index in [9.17, 15) is 188 Å². The average Bonchev–Trinajstić information content (AvgIpc) is 0.771. The number of nitrogens with one attached hydrogen (secondary N) is 4. The smallest absolute Gasteiger partial charge is 0.217 e. The Morgan fingerprint density at radius 3 is 0.778 bits per heavy atom. The van der Waals surface area contributed by atoms with E-state index < -0.39 is 465 Å². The number of carbonyl (C=O) groups is 4. The number of aliphatic hydroxyl groups is 33. The van der Waals surface area contributed by atoms with Crippen molar-refractivity contribution in [3.05, 3.63) is 0 Å². The minimum absolute atomic E-state index is 0.874. The van der Waals surface area contributed by atoms with Crippen molar-refractivity contribution in [2.45, 2.75) is 403 Å². The first kappa shape index (κ1) is 118. The maximum absolute atomic E-state index is 13.4. The monoisotopic (exact) mass is 2110 g/mol. The molecule has 12 saturated heterocycles. The van der Waals surface area contributed by atoms with E-state index in [4.69, 9.17) is 109 Å². The summed E-state index contributed by atoms with van der Waals surface area (Å²) in [5.41, 5.74) is 0. The van der Waals surface area contributed by atoms with E-state index in [-0.39, 0.29) is 0 Å². The zero-order valence-electron chi connectivity index (χ0n) is 77.2. The summed E-state index contributed by atoms with van der Waals surface area (Å²) in [6.45, 7) is -7.77. The molecule has 64 heteroatoms. The summed E-state index contributed by atoms with van der Waals surface area (Å²) in [4.78, 5) is 52.5. The van der Waals surface area contributed by atoms with Crippen molar-refractivity contribution in [2.24, 2.45) is 0 Å². The van der Waals surface area contributed by atoms with E-state index in [0.29, 0.717) is 0 Å². The number of ether oxygens (including phenoxy) is 23. The Labute approximate surface area is 814 Å². The molecule has 0 spiro atoms. The molecule has 144 heavy (non-hydrogen) atoms. The van der Waals surface area contributed by atoms with Gasteiger partial charge in [-0.2, -0.15) is 0 Å². The standard InChI is InChI=1S/C80H134N4O60/c1-17-37(98)49(110)54(115)73(124-17)122-16-32-63(45(106)33(69(121)125-32)81-18(2)94)136-70-34(82-19(3)95)46(107)62(28(12-91)132-70)139-78-59(120)66(142-80-68(53(114)41(102)25(9-88)131-80)144-72-36(84-21(5)97)48(109)61(30(14-93)134-72)138-77-58(119)65(43(104)27(11-90)129-77)141-75-56(117)51(112)39(100)23(7-86)127-75)44(105)31(135-78)15-123-79-67(52(113)40(101)24(8-87)130-79)143-71-35(83-20(4)96)47(108)60(29(13-92)133-71)137-76-57(118)64(42(103)26(10-89)128-76)140-74-55(116)50(111)38(99)22(6-85)126-74/h17,22-80,85-93,98-121H,6-16H2,1-5H3,(H,81,94)(H,82,95)(H,83,96)(H,84,97)/t17-,22+,23+,24+,25+,26+,27+,28+,29+,30+,31+,32+,33+,34+,35+,36-,37+,38-,39-,40+,41+,42-,43-,44+,45+,46+,47+,48+,49+,50-,51-,52-,53-,54-,55+,56+,57+,58+,59-,60+,61+,62+,63+,64-,65-,66-,67-,68-,69?,70-,71-,72-,73+,74-,75-,76-,77-,78-,79-,80+/m0/s1. The second kappa shape index (κ2) is 51.6. The van der Waals surface area contributed by atoms with Crippen LogP contribution in [-0.2, 0) is 128 Å². The van der Waals surface area contributed by atoms with Crippen LogP contribution < -0.4 is 21.3 Å². The zero-order chi connectivity index (χ0) is 106. The molecule has 12 aliphatic heterocycles. The van der Waals surface area contributed by atoms with Crippen molar-refractivity contribution in [3.8, 4) is 0 Å². The van der Waals surface area contributed by atoms with Gasteiger partial charge in [0.15, 0.2) is 75.5 Å². The van der Waals surface area contributed by atoms with E-state index in [1.54, 1.807) is 0 Å². The van der Waals surface area contributed by atoms with Gasteiger partial charge < -0.3 is 299 Å². The predicted octanol–water partition coefficient (Wildman–Crippen LogP) is -25.6. The van der Waals surface area contributed by atoms with E-state index in [2.05, 4.69) is 21.3 Å². The third kappa shape index (κ3) is 25.8. The third-order valence-corrected chi connectivity index (χ3v) is 26.6. The molecule has 1 unspecified atom stereocenters. The maximum Gasteiger partial charge on any atom is 0.217 e. The summed E-state index contributed by atoms with van der Waals surface area (Å²) >= 11 is 0. The van der Waals surface area contributed by atoms with Crippen LogP contribution in [0.2, 0.25) is 0 Å². The molecule has 0 bridgehead atoms. The van der Waals surface area contributed by atoms with Crippen molar-refractivity contribution in [2.75, 3.05) is 72.7 Å². The molecular weight excluding hydrogens is 1980 g/mol. The fraction of sp³-hybridized carbons (Fsp3) is 0.950. The molecule has 12 heterocycles. The van der Waals surface area contributed by atoms with Crippen LogP contribution in [0.25, 0.3) is 0 Å². The van der Waals surface area contributed by atoms with Crippen LogP contribution in [0.5, 0.6) is 0 Å². The van der Waals surface area contributed by atoms with E-state index >= 15 is 0 Å². The highest BCUT2D eigenvalue weighted by Crippen LogP contribution is 2.43. The molecule has 0 saturated carbocycles. The SMILES string of the molecule is CC(=O)N[C@@H]1[C@H](O[C@@H]2[C@@H](O[C@@H]3[C@H](O)[C@H](O[C@H]4[C@H](O)[C@@H](NC(C)=O)[C@H](O[C@H]5[C@H](O)[C@@H](NC(C)=O)C(O)O[C@@H]5CO[C@@H]5O[C@@H](C)[C@@H](O)[C@@H](O)[C@@H]5O)O[C@@H]4CO)O[C@H](CO[C@H]4O[C@H](CO)[C@@H](O)[C@H](O)[C@@H]4O[C@@H]4O[C@H](CO)[C@@H](O[C@@H]5O[C@H](CO)[C@H](O)[C@H](O[C@@H]6O[C@H](CO)[C@H](O)[C@H](O)[C@H]6O)[C@H]5O)[C@H](O)[C@H]4NC(C)=O)[C@H]3O)O[C@H](CO)[C@@H](O)[C@@H]2O)O[C@H](CO)[C@@H](O[C@@H]2O[C@H](CO)[C@H](O)[C@H](O[C@@H]3O[C@H](CO)[C@H](O)[C@H](O)[C@H]3O)[C@H]2O)[C@@H]1O. The number of carbonyl (C=O) groups excluding carboxylic acids is 4. The molecule has 64 nitrogen and oxygen atoms in total. The molecule has 0 aromatic heterocycles. The summed E-state index contributed by atoms with van der Waals surface area (Å²) in [6.07, 6.45) is -120. The molecule has 0 aromatic rings. The molecule has 0 aliphatic carbocycles. The van der Waals surface area contributed by atoms with Gasteiger partial charge in [-0.05, 0) is 6.92 Å². The summed E-state index contributed by atoms with van der Waals surface area (Å²) < 4.78 is 137. The van der Waals surface area contributed by atoms with Gasteiger partial charge in [-0.3, -0.25) is 19.2 Å². The van der Waals surface area contributed by atoms with Crippen LogP contribution in [0, 0.1) is 0 Å². The Balaban J connectivity index is 0.856. The first-order valence-electron chi connectivity index (χ1n) is 46.0. The molecule has 37 N–H and O–H groups in total. The molecular formula is C80H134N4O60. The lowest BCUT2D eigenvalue weighted by atomic mass is 9.93. The fourth-order valence-corrected chi connectivity index (χ4v) is 18.7. The quantitative estimate of drug-likeness (QED) is 0.0275. The normalized spacial score (nSPS) is 50.4. The van der Waals surface area contributed by atoms with Gasteiger partial charge in [0.2, 0.25) is 23.6 Å². The van der Waals surface area contributed by atoms with Gasteiger partial charge in [0.25, 0.3) is 0 Å². The van der Waals surface area contributed by atoms with Crippen molar-refractivity contribution in [3.63, 3.8) is 0 Å². The zero-order valence-corrected chi connectivity index (χ0v) is 77.2. The summed E-state index contributed by atoms with van der Waals surface area (Å²) in [5.74, 6) is -3.98. The van der Waals surface area contributed by atoms with Gasteiger partial charge in [0.05, 0.1) is 78.8 Å². The molecule has 0 aromatic carbocycles. The van der Waals surface area contributed by atoms with Gasteiger partial charge in [-0.15, -0.1) is 0 Å². The van der Waals surface area contributed by atoms with E-state index in [1.807, 2.05) is 0 Å².